The van der Waals surface area contributed by atoms with Crippen molar-refractivity contribution in [3.63, 3.8) is 0 Å². The third kappa shape index (κ3) is 5.47. The molecule has 0 fully saturated rings. The van der Waals surface area contributed by atoms with E-state index >= 15 is 0 Å². The van der Waals surface area contributed by atoms with Gasteiger partial charge in [0.1, 0.15) is 0 Å². The maximum absolute atomic E-state index is 5.49. The molecule has 0 N–H and O–H groups in total. The topological polar surface area (TPSA) is 9.23 Å². The van der Waals surface area contributed by atoms with E-state index in [9.17, 15) is 0 Å². The second kappa shape index (κ2) is 5.78. The Morgan fingerprint density at radius 1 is 1.56 bits per heavy atom. The third-order valence-corrected chi connectivity index (χ3v) is 6.57. The molecule has 0 rings (SSSR count). The Bertz CT molecular complexity index is 62.1. The lowest BCUT2D eigenvalue weighted by atomic mass is 10.3. The summed E-state index contributed by atoms with van der Waals surface area (Å²) in [6.07, 6.45) is 0. The van der Waals surface area contributed by atoms with Crippen LogP contribution >= 0.6 is 0 Å². The molecule has 1 nitrogen and oxygen atoms in total. The van der Waals surface area contributed by atoms with Crippen LogP contribution in [0, 0.1) is 5.92 Å². The van der Waals surface area contributed by atoms with Crippen molar-refractivity contribution in [2.24, 2.45) is 5.92 Å². The van der Waals surface area contributed by atoms with Crippen molar-refractivity contribution in [3.8, 4) is 0 Å². The van der Waals surface area contributed by atoms with E-state index in [0.29, 0.717) is 0 Å². The van der Waals surface area contributed by atoms with Crippen LogP contribution in [0.2, 0.25) is 10.6 Å². The monoisotopic (exact) mass is 158 g/mol. The standard InChI is InChI=1S/C4H9.C2H5.2Al.O.2H/c1-4(2)3;1-2;;;;;/h4H,1H2,2-3H3;1H2,2H3;;;;;. The summed E-state index contributed by atoms with van der Waals surface area (Å²) >= 11 is 0.261. The van der Waals surface area contributed by atoms with Crippen LogP contribution in [-0.2, 0) is 2.84 Å². The fraction of sp³-hybridized carbons (Fsp3) is 1.00. The van der Waals surface area contributed by atoms with Crippen LogP contribution in [0.15, 0.2) is 0 Å². The molecule has 0 aliphatic carbocycles. The number of hydrogen-bond acceptors (Lipinski definition) is 1. The van der Waals surface area contributed by atoms with Crippen molar-refractivity contribution in [2.75, 3.05) is 0 Å². The summed E-state index contributed by atoms with van der Waals surface area (Å²) in [5.74, 6) is 0.843. The van der Waals surface area contributed by atoms with Crippen LogP contribution in [0.4, 0.5) is 0 Å². The van der Waals surface area contributed by atoms with Gasteiger partial charge in [-0.05, 0) is 0 Å². The summed E-state index contributed by atoms with van der Waals surface area (Å²) in [6.45, 7) is 6.80. The van der Waals surface area contributed by atoms with E-state index in [-0.39, 0.29) is 0 Å². The first-order chi connectivity index (χ1) is 4.20. The van der Waals surface area contributed by atoms with Crippen LogP contribution in [-0.4, -0.2) is 31.1 Å². The lowest BCUT2D eigenvalue weighted by Gasteiger charge is -2.10. The zero-order valence-corrected chi connectivity index (χ0v) is 10.1. The summed E-state index contributed by atoms with van der Waals surface area (Å²) in [6, 6.07) is 0. The van der Waals surface area contributed by atoms with Crippen LogP contribution in [0.1, 0.15) is 20.8 Å². The van der Waals surface area contributed by atoms with Gasteiger partial charge < -0.3 is 2.84 Å². The highest BCUT2D eigenvalue weighted by Crippen LogP contribution is 2.08. The van der Waals surface area contributed by atoms with Crippen molar-refractivity contribution in [1.29, 1.82) is 0 Å². The fourth-order valence-electron chi connectivity index (χ4n) is 0.955. The molecule has 0 saturated carbocycles. The molecule has 0 radical (unpaired) electrons. The van der Waals surface area contributed by atoms with Crippen LogP contribution in [0.25, 0.3) is 0 Å². The van der Waals surface area contributed by atoms with Gasteiger partial charge in [0.05, 0.1) is 0 Å². The Hall–Kier alpha value is 1.02. The third-order valence-electron chi connectivity index (χ3n) is 1.52. The summed E-state index contributed by atoms with van der Waals surface area (Å²) in [4.78, 5) is 0. The van der Waals surface area contributed by atoms with E-state index in [1.807, 2.05) is 0 Å². The Morgan fingerprint density at radius 2 is 2.11 bits per heavy atom. The molecule has 52 valence electrons. The fourth-order valence-corrected chi connectivity index (χ4v) is 4.44. The maximum Gasteiger partial charge on any atom is 0.429 e. The quantitative estimate of drug-likeness (QED) is 0.559. The molecule has 0 aromatic carbocycles. The lowest BCUT2D eigenvalue weighted by molar-refractivity contribution is 0.593. The summed E-state index contributed by atoms with van der Waals surface area (Å²) in [5, 5.41) is 2.67. The van der Waals surface area contributed by atoms with Crippen LogP contribution in [0.5, 0.6) is 0 Å². The van der Waals surface area contributed by atoms with Gasteiger partial charge in [0.2, 0.25) is 0 Å². The zero-order valence-electron chi connectivity index (χ0n) is 6.98. The molecule has 0 spiro atoms. The minimum atomic E-state index is -0.688. The van der Waals surface area contributed by atoms with Crippen molar-refractivity contribution in [2.45, 2.75) is 31.3 Å². The first-order valence-electron chi connectivity index (χ1n) is 3.73. The highest BCUT2D eigenvalue weighted by molar-refractivity contribution is 6.55. The van der Waals surface area contributed by atoms with Gasteiger partial charge in [-0.25, -0.2) is 0 Å². The van der Waals surface area contributed by atoms with E-state index in [4.69, 9.17) is 2.84 Å². The smallest absolute Gasteiger partial charge is 0.429 e. The number of rotatable bonds is 4. The molecule has 0 bridgehead atoms. The highest BCUT2D eigenvalue weighted by Gasteiger charge is 2.15. The van der Waals surface area contributed by atoms with Crippen LogP contribution < -0.4 is 0 Å². The molecule has 0 heterocycles. The molecule has 0 aromatic rings. The van der Waals surface area contributed by atoms with Gasteiger partial charge in [-0.3, -0.25) is 0 Å². The molecule has 0 aliphatic heterocycles. The molecule has 0 aliphatic rings. The summed E-state index contributed by atoms with van der Waals surface area (Å²) < 4.78 is 5.49. The van der Waals surface area contributed by atoms with Gasteiger partial charge in [-0.1, -0.05) is 37.3 Å². The van der Waals surface area contributed by atoms with Gasteiger partial charge in [0.15, 0.2) is 0 Å². The second-order valence-electron chi connectivity index (χ2n) is 2.90. The molecule has 0 aromatic heterocycles. The van der Waals surface area contributed by atoms with Gasteiger partial charge in [0, 0.05) is 0 Å². The SMILES string of the molecule is C[CH2][Al]([CH2]C(C)C)[O][AlH2]. The molecular weight excluding hydrogens is 142 g/mol. The Morgan fingerprint density at radius 3 is 2.22 bits per heavy atom. The molecular formula is C6H16Al2O. The van der Waals surface area contributed by atoms with Gasteiger partial charge in [-0.15, -0.1) is 0 Å². The predicted molar refractivity (Wildman–Crippen MR) is 45.5 cm³/mol. The molecule has 3 heteroatoms. The average Bonchev–Trinajstić information content (AvgIpc) is 1.82. The largest absolute Gasteiger partial charge is 0.642 e. The van der Waals surface area contributed by atoms with E-state index in [1.54, 1.807) is 0 Å². The average molecular weight is 158 g/mol. The first-order valence-corrected chi connectivity index (χ1v) is 6.65. The normalized spacial score (nSPS) is 10.2. The van der Waals surface area contributed by atoms with Gasteiger partial charge >= 0.3 is 31.1 Å². The molecule has 0 atom stereocenters. The number of hydrogen-bond donors (Lipinski definition) is 0. The van der Waals surface area contributed by atoms with Crippen LogP contribution in [0.3, 0.4) is 0 Å². The van der Waals surface area contributed by atoms with E-state index in [0.717, 1.165) is 22.5 Å². The summed E-state index contributed by atoms with van der Waals surface area (Å²) in [5.41, 5.74) is 0. The van der Waals surface area contributed by atoms with Crippen molar-refractivity contribution >= 4 is 31.1 Å². The van der Waals surface area contributed by atoms with E-state index in [1.165, 1.54) is 10.6 Å². The summed E-state index contributed by atoms with van der Waals surface area (Å²) in [7, 11) is 0. The minimum Gasteiger partial charge on any atom is -0.642 e. The molecule has 0 unspecified atom stereocenters. The Labute approximate surface area is 71.3 Å². The predicted octanol–water partition coefficient (Wildman–Crippen LogP) is 1.22. The Kier molecular flexibility index (Phi) is 6.44. The molecule has 9 heavy (non-hydrogen) atoms. The van der Waals surface area contributed by atoms with Gasteiger partial charge in [0.25, 0.3) is 0 Å². The van der Waals surface area contributed by atoms with Gasteiger partial charge in [-0.2, -0.15) is 0 Å². The molecule has 0 amide bonds. The highest BCUT2D eigenvalue weighted by atomic mass is 27.2. The maximum atomic E-state index is 5.49. The first kappa shape index (κ1) is 10.0. The second-order valence-corrected chi connectivity index (χ2v) is 7.31. The molecule has 0 saturated heterocycles. The van der Waals surface area contributed by atoms with E-state index < -0.39 is 14.5 Å². The lowest BCUT2D eigenvalue weighted by Crippen LogP contribution is -2.16. The van der Waals surface area contributed by atoms with Crippen molar-refractivity contribution < 1.29 is 2.84 Å². The zero-order chi connectivity index (χ0) is 7.28. The van der Waals surface area contributed by atoms with E-state index in [2.05, 4.69) is 20.8 Å². The Balaban J connectivity index is 3.31. The van der Waals surface area contributed by atoms with Crippen molar-refractivity contribution in [3.05, 3.63) is 0 Å². The minimum absolute atomic E-state index is 0.688. The van der Waals surface area contributed by atoms with Crippen molar-refractivity contribution in [1.82, 2.24) is 0 Å².